The summed E-state index contributed by atoms with van der Waals surface area (Å²) in [5.41, 5.74) is 1.55. The predicted octanol–water partition coefficient (Wildman–Crippen LogP) is 2.87. The summed E-state index contributed by atoms with van der Waals surface area (Å²) >= 11 is 1.61. The molecular formula is C13H10O4S. The standard InChI is InChI=1S/C13H10O4S/c14-5-10-3-12-13(17-8-16-12)4-11(10)15-6-9-1-2-18-7-9/h1-5,7H,6,8H2. The van der Waals surface area contributed by atoms with Gasteiger partial charge in [-0.05, 0) is 28.5 Å². The maximum Gasteiger partial charge on any atom is 0.231 e. The molecule has 3 rings (SSSR count). The quantitative estimate of drug-likeness (QED) is 0.795. The van der Waals surface area contributed by atoms with E-state index in [9.17, 15) is 4.79 Å². The monoisotopic (exact) mass is 262 g/mol. The predicted molar refractivity (Wildman–Crippen MR) is 66.6 cm³/mol. The van der Waals surface area contributed by atoms with Crippen LogP contribution in [0.3, 0.4) is 0 Å². The van der Waals surface area contributed by atoms with Crippen LogP contribution in [0.4, 0.5) is 0 Å². The fraction of sp³-hybridized carbons (Fsp3) is 0.154. The zero-order valence-corrected chi connectivity index (χ0v) is 10.2. The van der Waals surface area contributed by atoms with E-state index in [2.05, 4.69) is 0 Å². The number of hydrogen-bond donors (Lipinski definition) is 0. The molecule has 1 aromatic carbocycles. The van der Waals surface area contributed by atoms with Gasteiger partial charge in [0.2, 0.25) is 6.79 Å². The average molecular weight is 262 g/mol. The highest BCUT2D eigenvalue weighted by atomic mass is 32.1. The van der Waals surface area contributed by atoms with Crippen LogP contribution in [0.1, 0.15) is 15.9 Å². The second-order valence-corrected chi connectivity index (χ2v) is 4.56. The van der Waals surface area contributed by atoms with Gasteiger partial charge in [-0.25, -0.2) is 0 Å². The first-order chi connectivity index (χ1) is 8.86. The molecule has 1 aromatic heterocycles. The first-order valence-electron chi connectivity index (χ1n) is 5.39. The van der Waals surface area contributed by atoms with E-state index in [1.165, 1.54) is 0 Å². The molecule has 0 unspecified atom stereocenters. The molecule has 0 atom stereocenters. The van der Waals surface area contributed by atoms with Gasteiger partial charge >= 0.3 is 0 Å². The van der Waals surface area contributed by atoms with Crippen molar-refractivity contribution < 1.29 is 19.0 Å². The van der Waals surface area contributed by atoms with Gasteiger partial charge in [-0.2, -0.15) is 11.3 Å². The molecule has 0 spiro atoms. The lowest BCUT2D eigenvalue weighted by Gasteiger charge is -2.08. The van der Waals surface area contributed by atoms with E-state index in [-0.39, 0.29) is 6.79 Å². The van der Waals surface area contributed by atoms with Crippen molar-refractivity contribution in [1.82, 2.24) is 0 Å². The zero-order valence-electron chi connectivity index (χ0n) is 9.42. The Morgan fingerprint density at radius 2 is 2.17 bits per heavy atom. The summed E-state index contributed by atoms with van der Waals surface area (Å²) in [5.74, 6) is 1.71. The third kappa shape index (κ3) is 2.04. The maximum atomic E-state index is 11.0. The van der Waals surface area contributed by atoms with Gasteiger partial charge in [0.05, 0.1) is 5.56 Å². The Hall–Kier alpha value is -2.01. The molecule has 0 saturated heterocycles. The third-order valence-corrected chi connectivity index (χ3v) is 3.34. The number of aldehydes is 1. The van der Waals surface area contributed by atoms with Gasteiger partial charge < -0.3 is 14.2 Å². The number of carbonyl (C=O) groups is 1. The van der Waals surface area contributed by atoms with E-state index in [4.69, 9.17) is 14.2 Å². The molecule has 0 aliphatic carbocycles. The first-order valence-corrected chi connectivity index (χ1v) is 6.34. The number of fused-ring (bicyclic) bond motifs is 1. The number of benzene rings is 1. The van der Waals surface area contributed by atoms with Crippen LogP contribution >= 0.6 is 11.3 Å². The van der Waals surface area contributed by atoms with Gasteiger partial charge in [0.15, 0.2) is 17.8 Å². The van der Waals surface area contributed by atoms with Crippen LogP contribution in [0.5, 0.6) is 17.2 Å². The molecule has 2 heterocycles. The lowest BCUT2D eigenvalue weighted by atomic mass is 10.2. The second kappa shape index (κ2) is 4.70. The van der Waals surface area contributed by atoms with Crippen molar-refractivity contribution in [3.8, 4) is 17.2 Å². The Balaban J connectivity index is 1.84. The largest absolute Gasteiger partial charge is 0.488 e. The molecule has 0 N–H and O–H groups in total. The van der Waals surface area contributed by atoms with Gasteiger partial charge in [0, 0.05) is 6.07 Å². The van der Waals surface area contributed by atoms with Crippen molar-refractivity contribution in [3.05, 3.63) is 40.1 Å². The van der Waals surface area contributed by atoms with E-state index in [1.54, 1.807) is 23.5 Å². The Labute approximate surface area is 108 Å². The molecule has 0 amide bonds. The van der Waals surface area contributed by atoms with Crippen molar-refractivity contribution in [3.63, 3.8) is 0 Å². The number of thiophene rings is 1. The molecule has 18 heavy (non-hydrogen) atoms. The summed E-state index contributed by atoms with van der Waals surface area (Å²) in [4.78, 5) is 11.0. The van der Waals surface area contributed by atoms with Crippen LogP contribution in [-0.2, 0) is 6.61 Å². The summed E-state index contributed by atoms with van der Waals surface area (Å²) in [6.07, 6.45) is 0.755. The molecular weight excluding hydrogens is 252 g/mol. The summed E-state index contributed by atoms with van der Waals surface area (Å²) < 4.78 is 16.1. The van der Waals surface area contributed by atoms with Gasteiger partial charge in [-0.3, -0.25) is 4.79 Å². The minimum atomic E-state index is 0.182. The average Bonchev–Trinajstić information content (AvgIpc) is 3.05. The smallest absolute Gasteiger partial charge is 0.231 e. The molecule has 0 bridgehead atoms. The highest BCUT2D eigenvalue weighted by Crippen LogP contribution is 2.37. The molecule has 1 aliphatic rings. The fourth-order valence-corrected chi connectivity index (χ4v) is 2.35. The second-order valence-electron chi connectivity index (χ2n) is 3.78. The highest BCUT2D eigenvalue weighted by molar-refractivity contribution is 7.07. The van der Waals surface area contributed by atoms with Crippen LogP contribution in [0, 0.1) is 0 Å². The molecule has 0 fully saturated rings. The molecule has 0 radical (unpaired) electrons. The van der Waals surface area contributed by atoms with Crippen molar-refractivity contribution >= 4 is 17.6 Å². The van der Waals surface area contributed by atoms with Crippen LogP contribution < -0.4 is 14.2 Å². The Morgan fingerprint density at radius 1 is 1.33 bits per heavy atom. The van der Waals surface area contributed by atoms with Crippen molar-refractivity contribution in [2.45, 2.75) is 6.61 Å². The molecule has 1 aliphatic heterocycles. The number of hydrogen-bond acceptors (Lipinski definition) is 5. The molecule has 2 aromatic rings. The van der Waals surface area contributed by atoms with Crippen molar-refractivity contribution in [2.24, 2.45) is 0 Å². The lowest BCUT2D eigenvalue weighted by molar-refractivity contribution is 0.111. The number of carbonyl (C=O) groups excluding carboxylic acids is 1. The normalized spacial score (nSPS) is 12.4. The third-order valence-electron chi connectivity index (χ3n) is 2.61. The maximum absolute atomic E-state index is 11.0. The SMILES string of the molecule is O=Cc1cc2c(cc1OCc1ccsc1)OCO2. The summed E-state index contributed by atoms with van der Waals surface area (Å²) in [6.45, 7) is 0.617. The summed E-state index contributed by atoms with van der Waals surface area (Å²) in [7, 11) is 0. The van der Waals surface area contributed by atoms with E-state index in [0.29, 0.717) is 29.4 Å². The summed E-state index contributed by atoms with van der Waals surface area (Å²) in [6, 6.07) is 5.31. The van der Waals surface area contributed by atoms with Crippen molar-refractivity contribution in [1.29, 1.82) is 0 Å². The zero-order chi connectivity index (χ0) is 12.4. The van der Waals surface area contributed by atoms with Crippen LogP contribution in [0.2, 0.25) is 0 Å². The lowest BCUT2D eigenvalue weighted by Crippen LogP contribution is -1.97. The molecule has 92 valence electrons. The van der Waals surface area contributed by atoms with Gasteiger partial charge in [-0.1, -0.05) is 0 Å². The van der Waals surface area contributed by atoms with Gasteiger partial charge in [0.25, 0.3) is 0 Å². The Bertz CT molecular complexity index is 563. The minimum absolute atomic E-state index is 0.182. The molecule has 4 nitrogen and oxygen atoms in total. The van der Waals surface area contributed by atoms with Crippen LogP contribution in [0.15, 0.2) is 29.0 Å². The van der Waals surface area contributed by atoms with E-state index in [0.717, 1.165) is 11.8 Å². The Morgan fingerprint density at radius 3 is 2.89 bits per heavy atom. The fourth-order valence-electron chi connectivity index (χ4n) is 1.69. The molecule has 5 heteroatoms. The van der Waals surface area contributed by atoms with E-state index in [1.807, 2.05) is 16.8 Å². The molecule has 0 saturated carbocycles. The Kier molecular flexibility index (Phi) is 2.90. The highest BCUT2D eigenvalue weighted by Gasteiger charge is 2.17. The van der Waals surface area contributed by atoms with Gasteiger partial charge in [0.1, 0.15) is 12.4 Å². The topological polar surface area (TPSA) is 44.8 Å². The van der Waals surface area contributed by atoms with E-state index < -0.39 is 0 Å². The number of rotatable bonds is 4. The summed E-state index contributed by atoms with van der Waals surface area (Å²) in [5, 5.41) is 3.99. The number of ether oxygens (including phenoxy) is 3. The van der Waals surface area contributed by atoms with Crippen LogP contribution in [0.25, 0.3) is 0 Å². The first kappa shape index (κ1) is 11.1. The van der Waals surface area contributed by atoms with Crippen LogP contribution in [-0.4, -0.2) is 13.1 Å². The van der Waals surface area contributed by atoms with E-state index >= 15 is 0 Å². The van der Waals surface area contributed by atoms with Crippen molar-refractivity contribution in [2.75, 3.05) is 6.79 Å². The van der Waals surface area contributed by atoms with Gasteiger partial charge in [-0.15, -0.1) is 0 Å². The minimum Gasteiger partial charge on any atom is -0.488 e.